The molecule has 0 saturated carbocycles. The van der Waals surface area contributed by atoms with Gasteiger partial charge in [-0.2, -0.15) is 5.10 Å². The standard InChI is InChI=1S/C20H25N3O3S/c1-16(14-15-18-10-6-4-7-11-18)21-22-20(24)17(2)23(27(3,25)26)19-12-8-5-9-13-19/h4-13,17H,14-15H2,1-3H3,(H,22,24)/b21-16-/t17-/m1/s1. The molecule has 0 aliphatic heterocycles. The number of sulfonamides is 1. The van der Waals surface area contributed by atoms with Crippen LogP contribution >= 0.6 is 0 Å². The third kappa shape index (κ3) is 6.21. The summed E-state index contributed by atoms with van der Waals surface area (Å²) in [6.45, 7) is 3.37. The number of aryl methyl sites for hydroxylation is 1. The lowest BCUT2D eigenvalue weighted by Crippen LogP contribution is -2.46. The molecule has 1 N–H and O–H groups in total. The normalized spacial score (nSPS) is 13.1. The molecule has 0 aliphatic rings. The van der Waals surface area contributed by atoms with E-state index in [9.17, 15) is 13.2 Å². The molecule has 0 bridgehead atoms. The van der Waals surface area contributed by atoms with Crippen molar-refractivity contribution in [2.45, 2.75) is 32.7 Å². The quantitative estimate of drug-likeness (QED) is 0.559. The van der Waals surface area contributed by atoms with Gasteiger partial charge in [-0.25, -0.2) is 13.8 Å². The highest BCUT2D eigenvalue weighted by atomic mass is 32.2. The molecule has 0 unspecified atom stereocenters. The number of hydrazone groups is 1. The third-order valence-corrected chi connectivity index (χ3v) is 5.32. The van der Waals surface area contributed by atoms with Crippen LogP contribution in [0.2, 0.25) is 0 Å². The number of nitrogens with one attached hydrogen (secondary N) is 1. The number of rotatable bonds is 8. The number of anilines is 1. The fraction of sp³-hybridized carbons (Fsp3) is 0.300. The Morgan fingerprint density at radius 3 is 2.19 bits per heavy atom. The van der Waals surface area contributed by atoms with E-state index >= 15 is 0 Å². The molecule has 7 heteroatoms. The van der Waals surface area contributed by atoms with Crippen LogP contribution in [0.4, 0.5) is 5.69 Å². The minimum absolute atomic E-state index is 0.437. The average Bonchev–Trinajstić information content (AvgIpc) is 2.65. The molecular formula is C20H25N3O3S. The van der Waals surface area contributed by atoms with Crippen LogP contribution in [0.25, 0.3) is 0 Å². The van der Waals surface area contributed by atoms with Crippen LogP contribution in [0, 0.1) is 0 Å². The maximum Gasteiger partial charge on any atom is 0.263 e. The fourth-order valence-electron chi connectivity index (χ4n) is 2.65. The molecule has 27 heavy (non-hydrogen) atoms. The van der Waals surface area contributed by atoms with E-state index in [1.165, 1.54) is 12.5 Å². The predicted molar refractivity (Wildman–Crippen MR) is 109 cm³/mol. The topological polar surface area (TPSA) is 78.8 Å². The summed E-state index contributed by atoms with van der Waals surface area (Å²) < 4.78 is 25.5. The third-order valence-electron chi connectivity index (χ3n) is 4.07. The molecule has 2 aromatic carbocycles. The van der Waals surface area contributed by atoms with Gasteiger partial charge in [0.25, 0.3) is 5.91 Å². The van der Waals surface area contributed by atoms with Crippen LogP contribution in [0.15, 0.2) is 65.8 Å². The Hall–Kier alpha value is -2.67. The minimum Gasteiger partial charge on any atom is -0.271 e. The van der Waals surface area contributed by atoms with E-state index < -0.39 is 22.0 Å². The molecule has 0 saturated heterocycles. The Morgan fingerprint density at radius 2 is 1.63 bits per heavy atom. The maximum atomic E-state index is 12.5. The van der Waals surface area contributed by atoms with Crippen LogP contribution in [-0.2, 0) is 21.2 Å². The summed E-state index contributed by atoms with van der Waals surface area (Å²) in [4.78, 5) is 12.5. The van der Waals surface area contributed by atoms with Crippen LogP contribution in [0.5, 0.6) is 0 Å². The van der Waals surface area contributed by atoms with E-state index in [1.54, 1.807) is 30.3 Å². The summed E-state index contributed by atoms with van der Waals surface area (Å²) in [7, 11) is -3.62. The number of carbonyl (C=O) groups excluding carboxylic acids is 1. The lowest BCUT2D eigenvalue weighted by atomic mass is 10.1. The summed E-state index contributed by atoms with van der Waals surface area (Å²) in [5, 5.41) is 4.11. The molecule has 1 amide bonds. The minimum atomic E-state index is -3.62. The molecule has 0 aliphatic carbocycles. The Kier molecular flexibility index (Phi) is 7.12. The van der Waals surface area contributed by atoms with Crippen molar-refractivity contribution in [3.05, 3.63) is 66.2 Å². The van der Waals surface area contributed by atoms with Crippen molar-refractivity contribution in [1.29, 1.82) is 0 Å². The van der Waals surface area contributed by atoms with Gasteiger partial charge in [0, 0.05) is 5.71 Å². The van der Waals surface area contributed by atoms with Crippen molar-refractivity contribution < 1.29 is 13.2 Å². The van der Waals surface area contributed by atoms with E-state index in [0.29, 0.717) is 12.1 Å². The number of hydrogen-bond acceptors (Lipinski definition) is 4. The molecule has 0 fully saturated rings. The predicted octanol–water partition coefficient (Wildman–Crippen LogP) is 2.97. The number of carbonyl (C=O) groups is 1. The van der Waals surface area contributed by atoms with Crippen molar-refractivity contribution in [1.82, 2.24) is 5.43 Å². The number of para-hydroxylation sites is 1. The van der Waals surface area contributed by atoms with Crippen molar-refractivity contribution >= 4 is 27.3 Å². The van der Waals surface area contributed by atoms with Gasteiger partial charge in [0.2, 0.25) is 10.0 Å². The highest BCUT2D eigenvalue weighted by Crippen LogP contribution is 2.20. The van der Waals surface area contributed by atoms with Gasteiger partial charge in [0.1, 0.15) is 6.04 Å². The Morgan fingerprint density at radius 1 is 1.07 bits per heavy atom. The van der Waals surface area contributed by atoms with E-state index in [-0.39, 0.29) is 0 Å². The van der Waals surface area contributed by atoms with Crippen molar-refractivity contribution in [2.24, 2.45) is 5.10 Å². The summed E-state index contributed by atoms with van der Waals surface area (Å²) >= 11 is 0. The first kappa shape index (κ1) is 20.6. The summed E-state index contributed by atoms with van der Waals surface area (Å²) in [6, 6.07) is 17.6. The summed E-state index contributed by atoms with van der Waals surface area (Å²) in [5.74, 6) is -0.483. The van der Waals surface area contributed by atoms with Crippen LogP contribution < -0.4 is 9.73 Å². The molecular weight excluding hydrogens is 362 g/mol. The zero-order valence-electron chi connectivity index (χ0n) is 15.8. The molecule has 1 atom stereocenters. The van der Waals surface area contributed by atoms with Gasteiger partial charge >= 0.3 is 0 Å². The van der Waals surface area contributed by atoms with Gasteiger partial charge < -0.3 is 0 Å². The molecule has 0 spiro atoms. The van der Waals surface area contributed by atoms with Gasteiger partial charge in [-0.15, -0.1) is 0 Å². The van der Waals surface area contributed by atoms with Crippen LogP contribution in [0.1, 0.15) is 25.8 Å². The van der Waals surface area contributed by atoms with Crippen LogP contribution in [-0.4, -0.2) is 32.3 Å². The average molecular weight is 388 g/mol. The number of amides is 1. The molecule has 2 aromatic rings. The summed E-state index contributed by atoms with van der Waals surface area (Å²) in [5.41, 5.74) is 4.88. The van der Waals surface area contributed by atoms with E-state index in [1.807, 2.05) is 37.3 Å². The monoisotopic (exact) mass is 387 g/mol. The van der Waals surface area contributed by atoms with E-state index in [2.05, 4.69) is 10.5 Å². The molecule has 144 valence electrons. The largest absolute Gasteiger partial charge is 0.271 e. The Balaban J connectivity index is 2.02. The number of nitrogens with zero attached hydrogens (tertiary/aromatic N) is 2. The van der Waals surface area contributed by atoms with Gasteiger partial charge in [0.15, 0.2) is 0 Å². The van der Waals surface area contributed by atoms with Gasteiger partial charge in [-0.1, -0.05) is 48.5 Å². The maximum absolute atomic E-state index is 12.5. The van der Waals surface area contributed by atoms with Gasteiger partial charge in [-0.05, 0) is 44.4 Å². The number of hydrogen-bond donors (Lipinski definition) is 1. The first-order valence-corrected chi connectivity index (χ1v) is 10.6. The van der Waals surface area contributed by atoms with Crippen LogP contribution in [0.3, 0.4) is 0 Å². The molecule has 2 rings (SSSR count). The van der Waals surface area contributed by atoms with Crippen molar-refractivity contribution in [3.8, 4) is 0 Å². The lowest BCUT2D eigenvalue weighted by Gasteiger charge is -2.27. The highest BCUT2D eigenvalue weighted by molar-refractivity contribution is 7.92. The molecule has 0 aromatic heterocycles. The van der Waals surface area contributed by atoms with Gasteiger partial charge in [-0.3, -0.25) is 9.10 Å². The highest BCUT2D eigenvalue weighted by Gasteiger charge is 2.28. The second kappa shape index (κ2) is 9.32. The van der Waals surface area contributed by atoms with Crippen molar-refractivity contribution in [3.63, 3.8) is 0 Å². The SMILES string of the molecule is C/C(CCc1ccccc1)=N/NC(=O)[C@@H](C)N(c1ccccc1)S(C)(=O)=O. The first-order chi connectivity index (χ1) is 12.8. The first-order valence-electron chi connectivity index (χ1n) is 8.70. The molecule has 0 radical (unpaired) electrons. The van der Waals surface area contributed by atoms with Crippen molar-refractivity contribution in [2.75, 3.05) is 10.6 Å². The van der Waals surface area contributed by atoms with E-state index in [4.69, 9.17) is 0 Å². The fourth-order valence-corrected chi connectivity index (χ4v) is 3.83. The lowest BCUT2D eigenvalue weighted by molar-refractivity contribution is -0.121. The van der Waals surface area contributed by atoms with E-state index in [0.717, 1.165) is 22.7 Å². The van der Waals surface area contributed by atoms with Gasteiger partial charge in [0.05, 0.1) is 11.9 Å². The second-order valence-corrected chi connectivity index (χ2v) is 8.24. The Labute approximate surface area is 161 Å². The number of benzene rings is 2. The zero-order valence-corrected chi connectivity index (χ0v) is 16.6. The smallest absolute Gasteiger partial charge is 0.263 e. The summed E-state index contributed by atoms with van der Waals surface area (Å²) in [6.07, 6.45) is 2.60. The Bertz CT molecular complexity index is 881. The molecule has 0 heterocycles. The zero-order chi connectivity index (χ0) is 19.9. The second-order valence-electron chi connectivity index (χ2n) is 6.38. The molecule has 6 nitrogen and oxygen atoms in total.